The van der Waals surface area contributed by atoms with Gasteiger partial charge in [-0.3, -0.25) is 4.40 Å². The van der Waals surface area contributed by atoms with E-state index in [0.717, 1.165) is 18.5 Å². The van der Waals surface area contributed by atoms with Crippen LogP contribution in [0.3, 0.4) is 0 Å². The van der Waals surface area contributed by atoms with Gasteiger partial charge in [-0.2, -0.15) is 0 Å². The summed E-state index contributed by atoms with van der Waals surface area (Å²) in [6, 6.07) is 10.9. The second-order valence-corrected chi connectivity index (χ2v) is 8.76. The summed E-state index contributed by atoms with van der Waals surface area (Å²) >= 11 is 1.83. The highest BCUT2D eigenvalue weighted by Gasteiger charge is 2.36. The molecule has 1 N–H and O–H groups in total. The summed E-state index contributed by atoms with van der Waals surface area (Å²) in [5.74, 6) is 1.70. The van der Waals surface area contributed by atoms with Crippen molar-refractivity contribution < 1.29 is 5.11 Å². The van der Waals surface area contributed by atoms with Gasteiger partial charge in [-0.1, -0.05) is 30.3 Å². The van der Waals surface area contributed by atoms with Crippen LogP contribution in [-0.4, -0.2) is 14.5 Å². The van der Waals surface area contributed by atoms with Crippen molar-refractivity contribution in [3.05, 3.63) is 59.0 Å². The van der Waals surface area contributed by atoms with Crippen LogP contribution in [0.1, 0.15) is 72.6 Å². The van der Waals surface area contributed by atoms with Crippen molar-refractivity contribution in [1.29, 1.82) is 0 Å². The van der Waals surface area contributed by atoms with E-state index in [-0.39, 0.29) is 6.10 Å². The Bertz CT molecular complexity index is 857. The van der Waals surface area contributed by atoms with Gasteiger partial charge in [0, 0.05) is 4.88 Å². The fourth-order valence-corrected chi connectivity index (χ4v) is 5.77. The zero-order valence-electron chi connectivity index (χ0n) is 14.3. The quantitative estimate of drug-likeness (QED) is 0.693. The average molecular weight is 353 g/mol. The maximum atomic E-state index is 11.2. The van der Waals surface area contributed by atoms with Crippen molar-refractivity contribution in [3.8, 4) is 0 Å². The molecule has 130 valence electrons. The molecule has 2 aliphatic carbocycles. The molecule has 1 aromatic carbocycles. The third-order valence-electron chi connectivity index (χ3n) is 6.05. The summed E-state index contributed by atoms with van der Waals surface area (Å²) in [5, 5.41) is 11.2. The van der Waals surface area contributed by atoms with E-state index in [0.29, 0.717) is 17.8 Å². The highest BCUT2D eigenvalue weighted by atomic mass is 32.1. The number of rotatable bonds is 4. The van der Waals surface area contributed by atoms with Crippen LogP contribution < -0.4 is 0 Å². The molecule has 2 heterocycles. The Hall–Kier alpha value is -1.65. The average Bonchev–Trinajstić information content (AvgIpc) is 3.30. The Labute approximate surface area is 152 Å². The zero-order chi connectivity index (χ0) is 16.8. The molecule has 25 heavy (non-hydrogen) atoms. The molecule has 2 fully saturated rings. The lowest BCUT2D eigenvalue weighted by atomic mass is 9.76. The third kappa shape index (κ3) is 2.81. The van der Waals surface area contributed by atoms with Gasteiger partial charge < -0.3 is 5.11 Å². The molecule has 3 nitrogen and oxygen atoms in total. The summed E-state index contributed by atoms with van der Waals surface area (Å²) in [6.07, 6.45) is 10.6. The van der Waals surface area contributed by atoms with Crippen molar-refractivity contribution in [2.75, 3.05) is 0 Å². The zero-order valence-corrected chi connectivity index (χ0v) is 15.2. The van der Waals surface area contributed by atoms with Crippen molar-refractivity contribution >= 4 is 16.2 Å². The monoisotopic (exact) mass is 352 g/mol. The molecule has 0 aliphatic heterocycles. The van der Waals surface area contributed by atoms with Crippen molar-refractivity contribution in [1.82, 2.24) is 9.38 Å². The van der Waals surface area contributed by atoms with E-state index in [1.54, 1.807) is 0 Å². The number of imidazole rings is 1. The smallest absolute Gasteiger partial charge is 0.120 e. The predicted molar refractivity (Wildman–Crippen MR) is 101 cm³/mol. The number of aromatic nitrogens is 2. The van der Waals surface area contributed by atoms with Gasteiger partial charge in [0.1, 0.15) is 11.2 Å². The number of thiazole rings is 1. The van der Waals surface area contributed by atoms with E-state index < -0.39 is 0 Å². The van der Waals surface area contributed by atoms with Gasteiger partial charge in [0.25, 0.3) is 0 Å². The number of aliphatic hydroxyl groups is 1. The van der Waals surface area contributed by atoms with Crippen LogP contribution in [0.15, 0.2) is 42.9 Å². The van der Waals surface area contributed by atoms with Crippen LogP contribution in [-0.2, 0) is 0 Å². The molecule has 0 bridgehead atoms. The normalized spacial score (nSPS) is 25.3. The maximum absolute atomic E-state index is 11.2. The first-order chi connectivity index (χ1) is 12.3. The van der Waals surface area contributed by atoms with Crippen LogP contribution in [0.2, 0.25) is 0 Å². The first-order valence-electron chi connectivity index (χ1n) is 9.49. The molecule has 5 rings (SSSR count). The Balaban J connectivity index is 1.36. The van der Waals surface area contributed by atoms with E-state index in [2.05, 4.69) is 39.7 Å². The Kier molecular flexibility index (Phi) is 3.90. The molecule has 4 heteroatoms. The molecular formula is C21H24N2OS. The van der Waals surface area contributed by atoms with Gasteiger partial charge in [0.05, 0.1) is 18.0 Å². The molecule has 0 radical (unpaired) electrons. The molecule has 0 unspecified atom stereocenters. The first-order valence-corrected chi connectivity index (χ1v) is 10.3. The van der Waals surface area contributed by atoms with Crippen molar-refractivity contribution in [2.45, 2.75) is 56.5 Å². The molecule has 0 amide bonds. The van der Waals surface area contributed by atoms with Gasteiger partial charge >= 0.3 is 0 Å². The number of hydrogen-bond acceptors (Lipinski definition) is 3. The van der Waals surface area contributed by atoms with Crippen LogP contribution in [0.25, 0.3) is 4.83 Å². The molecule has 1 atom stereocenters. The fourth-order valence-electron chi connectivity index (χ4n) is 4.47. The fraction of sp³-hybridized carbons (Fsp3) is 0.476. The highest BCUT2D eigenvalue weighted by molar-refractivity contribution is 7.17. The SMILES string of the molecule is O[C@H](c1c(C2CC2)sc2cncn12)[C@H]1CC[C@H](c2ccccc2)CC1. The summed E-state index contributed by atoms with van der Waals surface area (Å²) in [5.41, 5.74) is 2.60. The lowest BCUT2D eigenvalue weighted by molar-refractivity contribution is 0.0760. The molecular weight excluding hydrogens is 328 g/mol. The topological polar surface area (TPSA) is 37.5 Å². The van der Waals surface area contributed by atoms with Crippen LogP contribution in [0.5, 0.6) is 0 Å². The minimum atomic E-state index is -0.352. The van der Waals surface area contributed by atoms with Gasteiger partial charge in [-0.15, -0.1) is 11.3 Å². The second-order valence-electron chi connectivity index (χ2n) is 7.69. The predicted octanol–water partition coefficient (Wildman–Crippen LogP) is 5.28. The lowest BCUT2D eigenvalue weighted by Gasteiger charge is -2.32. The Morgan fingerprint density at radius 3 is 2.44 bits per heavy atom. The van der Waals surface area contributed by atoms with Crippen LogP contribution in [0.4, 0.5) is 0 Å². The number of hydrogen-bond donors (Lipinski definition) is 1. The minimum Gasteiger partial charge on any atom is -0.387 e. The summed E-state index contributed by atoms with van der Waals surface area (Å²) in [7, 11) is 0. The second kappa shape index (κ2) is 6.26. The molecule has 0 saturated heterocycles. The van der Waals surface area contributed by atoms with Gasteiger partial charge in [0.15, 0.2) is 0 Å². The van der Waals surface area contributed by atoms with Crippen molar-refractivity contribution in [2.24, 2.45) is 5.92 Å². The summed E-state index contributed by atoms with van der Waals surface area (Å²) in [6.45, 7) is 0. The molecule has 2 aliphatic rings. The first kappa shape index (κ1) is 15.6. The van der Waals surface area contributed by atoms with Crippen LogP contribution in [0, 0.1) is 5.92 Å². The number of nitrogens with zero attached hydrogens (tertiary/aromatic N) is 2. The standard InChI is InChI=1S/C21H24N2OS/c24-20(16-8-6-15(7-9-16)14-4-2-1-3-5-14)19-21(17-10-11-17)25-18-12-22-13-23(18)19/h1-5,12-13,15-17,20,24H,6-11H2/t15-,16-,20-/m0/s1. The minimum absolute atomic E-state index is 0.352. The number of fused-ring (bicyclic) bond motifs is 1. The Morgan fingerprint density at radius 2 is 1.72 bits per heavy atom. The van der Waals surface area contributed by atoms with Gasteiger partial charge in [-0.05, 0) is 61.8 Å². The van der Waals surface area contributed by atoms with Gasteiger partial charge in [-0.25, -0.2) is 4.98 Å². The van der Waals surface area contributed by atoms with Gasteiger partial charge in [0.2, 0.25) is 0 Å². The summed E-state index contributed by atoms with van der Waals surface area (Å²) in [4.78, 5) is 6.87. The highest BCUT2D eigenvalue weighted by Crippen LogP contribution is 2.49. The van der Waals surface area contributed by atoms with Crippen LogP contribution >= 0.6 is 11.3 Å². The maximum Gasteiger partial charge on any atom is 0.120 e. The number of benzene rings is 1. The third-order valence-corrected chi connectivity index (χ3v) is 7.32. The molecule has 3 aromatic rings. The van der Waals surface area contributed by atoms with E-state index >= 15 is 0 Å². The van der Waals surface area contributed by atoms with E-state index in [1.807, 2.05) is 23.9 Å². The largest absolute Gasteiger partial charge is 0.387 e. The molecule has 2 saturated carbocycles. The molecule has 2 aromatic heterocycles. The Morgan fingerprint density at radius 1 is 1.00 bits per heavy atom. The van der Waals surface area contributed by atoms with E-state index in [9.17, 15) is 5.11 Å². The van der Waals surface area contributed by atoms with E-state index in [4.69, 9.17) is 0 Å². The lowest BCUT2D eigenvalue weighted by Crippen LogP contribution is -2.21. The van der Waals surface area contributed by atoms with Crippen molar-refractivity contribution in [3.63, 3.8) is 0 Å². The van der Waals surface area contributed by atoms with E-state index in [1.165, 1.54) is 41.0 Å². The number of aliphatic hydroxyl groups excluding tert-OH is 1. The summed E-state index contributed by atoms with van der Waals surface area (Å²) < 4.78 is 2.15. The molecule has 0 spiro atoms.